The summed E-state index contributed by atoms with van der Waals surface area (Å²) in [6.07, 6.45) is -4.59. The van der Waals surface area contributed by atoms with Crippen LogP contribution in [0.4, 0.5) is 13.2 Å². The summed E-state index contributed by atoms with van der Waals surface area (Å²) < 4.78 is 38.8. The number of aromatic hydroxyl groups is 1. The molecule has 120 valence electrons. The zero-order valence-corrected chi connectivity index (χ0v) is 13.4. The standard InChI is InChI=1S/C16H24F3NO/c1-14(2,3)9-7-10(13(20)16(17,18)19)12(21)11(8-9)15(4,5)6/h7-8,13,21H,20H2,1-6H3/t13-/m0/s1. The van der Waals surface area contributed by atoms with E-state index in [-0.39, 0.29) is 16.7 Å². The topological polar surface area (TPSA) is 46.2 Å². The number of phenolic OH excluding ortho intramolecular Hbond substituents is 1. The highest BCUT2D eigenvalue weighted by Gasteiger charge is 2.40. The van der Waals surface area contributed by atoms with Crippen LogP contribution in [0.15, 0.2) is 12.1 Å². The van der Waals surface area contributed by atoms with Gasteiger partial charge in [-0.2, -0.15) is 13.2 Å². The lowest BCUT2D eigenvalue weighted by Gasteiger charge is -2.29. The Hall–Kier alpha value is -1.23. The number of rotatable bonds is 1. The summed E-state index contributed by atoms with van der Waals surface area (Å²) in [6, 6.07) is 0.936. The number of hydrogen-bond acceptors (Lipinski definition) is 2. The summed E-state index contributed by atoms with van der Waals surface area (Å²) in [7, 11) is 0. The van der Waals surface area contributed by atoms with E-state index < -0.39 is 17.6 Å². The van der Waals surface area contributed by atoms with E-state index in [0.717, 1.165) is 5.56 Å². The fourth-order valence-electron chi connectivity index (χ4n) is 2.08. The molecule has 5 heteroatoms. The molecule has 0 heterocycles. The van der Waals surface area contributed by atoms with E-state index in [0.29, 0.717) is 5.56 Å². The van der Waals surface area contributed by atoms with Crippen molar-refractivity contribution in [1.29, 1.82) is 0 Å². The molecule has 0 aliphatic carbocycles. The summed E-state index contributed by atoms with van der Waals surface area (Å²) in [5.74, 6) is -0.361. The van der Waals surface area contributed by atoms with Gasteiger partial charge in [0.2, 0.25) is 0 Å². The fourth-order valence-corrected chi connectivity index (χ4v) is 2.08. The van der Waals surface area contributed by atoms with E-state index in [1.165, 1.54) is 6.07 Å². The van der Waals surface area contributed by atoms with Crippen LogP contribution in [0.2, 0.25) is 0 Å². The maximum absolute atomic E-state index is 12.9. The quantitative estimate of drug-likeness (QED) is 0.799. The lowest BCUT2D eigenvalue weighted by atomic mass is 9.78. The summed E-state index contributed by atoms with van der Waals surface area (Å²) in [6.45, 7) is 11.3. The number of benzene rings is 1. The Labute approximate surface area is 124 Å². The van der Waals surface area contributed by atoms with Crippen molar-refractivity contribution in [2.45, 2.75) is 64.6 Å². The largest absolute Gasteiger partial charge is 0.507 e. The number of halogens is 3. The second kappa shape index (κ2) is 5.20. The average Bonchev–Trinajstić information content (AvgIpc) is 2.23. The molecule has 1 aromatic carbocycles. The Kier molecular flexibility index (Phi) is 4.41. The third-order valence-corrected chi connectivity index (χ3v) is 3.50. The van der Waals surface area contributed by atoms with Gasteiger partial charge in [0, 0.05) is 5.56 Å². The van der Waals surface area contributed by atoms with Gasteiger partial charge in [-0.25, -0.2) is 0 Å². The van der Waals surface area contributed by atoms with E-state index in [1.54, 1.807) is 6.07 Å². The second-order valence-electron chi connectivity index (χ2n) is 7.48. The second-order valence-corrected chi connectivity index (χ2v) is 7.48. The smallest absolute Gasteiger partial charge is 0.407 e. The summed E-state index contributed by atoms with van der Waals surface area (Å²) >= 11 is 0. The first-order valence-corrected chi connectivity index (χ1v) is 6.86. The Balaban J connectivity index is 3.65. The Morgan fingerprint density at radius 1 is 0.952 bits per heavy atom. The molecule has 0 aliphatic rings. The highest BCUT2D eigenvalue weighted by molar-refractivity contribution is 5.50. The van der Waals surface area contributed by atoms with Gasteiger partial charge in [0.05, 0.1) is 0 Å². The van der Waals surface area contributed by atoms with E-state index in [4.69, 9.17) is 5.73 Å². The van der Waals surface area contributed by atoms with E-state index in [9.17, 15) is 18.3 Å². The zero-order valence-electron chi connectivity index (χ0n) is 13.4. The Bertz CT molecular complexity index is 522. The van der Waals surface area contributed by atoms with Gasteiger partial charge in [-0.1, -0.05) is 47.6 Å². The highest BCUT2D eigenvalue weighted by atomic mass is 19.4. The van der Waals surface area contributed by atoms with Gasteiger partial charge in [-0.3, -0.25) is 0 Å². The average molecular weight is 303 g/mol. The molecule has 0 aromatic heterocycles. The van der Waals surface area contributed by atoms with E-state index in [1.807, 2.05) is 41.5 Å². The predicted octanol–water partition coefficient (Wildman–Crippen LogP) is 4.55. The third-order valence-electron chi connectivity index (χ3n) is 3.50. The van der Waals surface area contributed by atoms with Gasteiger partial charge in [0.15, 0.2) is 0 Å². The summed E-state index contributed by atoms with van der Waals surface area (Å²) in [5.41, 5.74) is 5.43. The van der Waals surface area contributed by atoms with Crippen LogP contribution >= 0.6 is 0 Å². The molecule has 0 saturated carbocycles. The van der Waals surface area contributed by atoms with E-state index in [2.05, 4.69) is 0 Å². The van der Waals surface area contributed by atoms with Crippen molar-refractivity contribution in [1.82, 2.24) is 0 Å². The van der Waals surface area contributed by atoms with Crippen LogP contribution < -0.4 is 5.73 Å². The SMILES string of the molecule is CC(C)(C)c1cc([C@H](N)C(F)(F)F)c(O)c(C(C)(C)C)c1. The number of alkyl halides is 3. The van der Waals surface area contributed by atoms with Crippen LogP contribution in [0.5, 0.6) is 5.75 Å². The molecule has 0 radical (unpaired) electrons. The van der Waals surface area contributed by atoms with Crippen LogP contribution in [0.25, 0.3) is 0 Å². The van der Waals surface area contributed by atoms with Gasteiger partial charge < -0.3 is 10.8 Å². The lowest BCUT2D eigenvalue weighted by molar-refractivity contribution is -0.149. The van der Waals surface area contributed by atoms with E-state index >= 15 is 0 Å². The van der Waals surface area contributed by atoms with Gasteiger partial charge in [0.25, 0.3) is 0 Å². The van der Waals surface area contributed by atoms with Crippen LogP contribution in [0.3, 0.4) is 0 Å². The maximum atomic E-state index is 12.9. The molecule has 0 unspecified atom stereocenters. The number of hydrogen-bond donors (Lipinski definition) is 2. The van der Waals surface area contributed by atoms with Crippen molar-refractivity contribution < 1.29 is 18.3 Å². The van der Waals surface area contributed by atoms with Crippen LogP contribution in [0, 0.1) is 0 Å². The van der Waals surface area contributed by atoms with Crippen molar-refractivity contribution in [2.75, 3.05) is 0 Å². The molecular weight excluding hydrogens is 279 g/mol. The van der Waals surface area contributed by atoms with Crippen LogP contribution in [0.1, 0.15) is 64.3 Å². The summed E-state index contributed by atoms with van der Waals surface area (Å²) in [4.78, 5) is 0. The van der Waals surface area contributed by atoms with Crippen LogP contribution in [-0.4, -0.2) is 11.3 Å². The minimum Gasteiger partial charge on any atom is -0.507 e. The molecular formula is C16H24F3NO. The first-order chi connectivity index (χ1) is 9.15. The molecule has 2 nitrogen and oxygen atoms in total. The summed E-state index contributed by atoms with van der Waals surface area (Å²) in [5, 5.41) is 10.3. The molecule has 0 bridgehead atoms. The van der Waals surface area contributed by atoms with Gasteiger partial charge in [0.1, 0.15) is 11.8 Å². The molecule has 0 aliphatic heterocycles. The van der Waals surface area contributed by atoms with Gasteiger partial charge in [-0.15, -0.1) is 0 Å². The molecule has 0 saturated heterocycles. The highest BCUT2D eigenvalue weighted by Crippen LogP contribution is 2.42. The minimum atomic E-state index is -4.59. The number of phenols is 1. The van der Waals surface area contributed by atoms with Gasteiger partial charge in [-0.05, 0) is 28.0 Å². The molecule has 21 heavy (non-hydrogen) atoms. The predicted molar refractivity (Wildman–Crippen MR) is 78.5 cm³/mol. The molecule has 0 amide bonds. The molecule has 0 spiro atoms. The maximum Gasteiger partial charge on any atom is 0.407 e. The molecule has 0 fully saturated rings. The monoisotopic (exact) mass is 303 g/mol. The number of nitrogens with two attached hydrogens (primary N) is 1. The minimum absolute atomic E-state index is 0.264. The van der Waals surface area contributed by atoms with Crippen molar-refractivity contribution in [2.24, 2.45) is 5.73 Å². The first-order valence-electron chi connectivity index (χ1n) is 6.86. The lowest BCUT2D eigenvalue weighted by Crippen LogP contribution is -2.30. The molecule has 1 atom stereocenters. The fraction of sp³-hybridized carbons (Fsp3) is 0.625. The van der Waals surface area contributed by atoms with Crippen molar-refractivity contribution >= 4 is 0 Å². The van der Waals surface area contributed by atoms with Crippen molar-refractivity contribution in [3.63, 3.8) is 0 Å². The first kappa shape index (κ1) is 17.8. The van der Waals surface area contributed by atoms with Crippen molar-refractivity contribution in [3.8, 4) is 5.75 Å². The molecule has 1 rings (SSSR count). The zero-order chi connectivity index (χ0) is 16.8. The normalized spacial score (nSPS) is 15.1. The Morgan fingerprint density at radius 2 is 1.43 bits per heavy atom. The van der Waals surface area contributed by atoms with Crippen molar-refractivity contribution in [3.05, 3.63) is 28.8 Å². The molecule has 3 N–H and O–H groups in total. The Morgan fingerprint density at radius 3 is 1.76 bits per heavy atom. The molecule has 1 aromatic rings. The van der Waals surface area contributed by atoms with Crippen LogP contribution in [-0.2, 0) is 10.8 Å². The third kappa shape index (κ3) is 3.90. The van der Waals surface area contributed by atoms with Gasteiger partial charge >= 0.3 is 6.18 Å².